The van der Waals surface area contributed by atoms with Crippen LogP contribution in [0.4, 0.5) is 4.39 Å². The predicted octanol–water partition coefficient (Wildman–Crippen LogP) is 1.38. The molecular weight excluding hydrogens is 171 g/mol. The Bertz CT molecular complexity index is 281. The highest BCUT2D eigenvalue weighted by Crippen LogP contribution is 2.19. The summed E-state index contributed by atoms with van der Waals surface area (Å²) in [5.41, 5.74) is 1.11. The summed E-state index contributed by atoms with van der Waals surface area (Å²) in [6.07, 6.45) is 1.73. The molecule has 0 N–H and O–H groups in total. The number of hydrogen-bond acceptors (Lipinski definition) is 3. The van der Waals surface area contributed by atoms with Crippen molar-refractivity contribution in [3.63, 3.8) is 0 Å². The summed E-state index contributed by atoms with van der Waals surface area (Å²) in [5.74, 6) is 1.11. The van der Waals surface area contributed by atoms with E-state index in [1.165, 1.54) is 0 Å². The maximum absolute atomic E-state index is 12.1. The highest BCUT2D eigenvalue weighted by molar-refractivity contribution is 5.11. The lowest BCUT2D eigenvalue weighted by Gasteiger charge is -2.37. The van der Waals surface area contributed by atoms with E-state index in [4.69, 9.17) is 4.52 Å². The SMILES string of the molecule is Cc1oncc1CN1CC(CF)C1. The van der Waals surface area contributed by atoms with E-state index >= 15 is 0 Å². The normalized spacial score (nSPS) is 18.9. The van der Waals surface area contributed by atoms with Crippen molar-refractivity contribution in [2.75, 3.05) is 19.8 Å². The molecule has 0 saturated carbocycles. The Kier molecular flexibility index (Phi) is 2.31. The first-order valence-electron chi connectivity index (χ1n) is 4.48. The van der Waals surface area contributed by atoms with Crippen LogP contribution in [0.3, 0.4) is 0 Å². The van der Waals surface area contributed by atoms with E-state index in [1.807, 2.05) is 6.92 Å². The minimum Gasteiger partial charge on any atom is -0.361 e. The topological polar surface area (TPSA) is 29.3 Å². The van der Waals surface area contributed by atoms with Gasteiger partial charge in [0.1, 0.15) is 5.76 Å². The van der Waals surface area contributed by atoms with Crippen LogP contribution in [-0.2, 0) is 6.54 Å². The summed E-state index contributed by atoms with van der Waals surface area (Å²) in [4.78, 5) is 2.20. The largest absolute Gasteiger partial charge is 0.361 e. The van der Waals surface area contributed by atoms with Gasteiger partial charge in [0.15, 0.2) is 0 Å². The molecule has 0 bridgehead atoms. The van der Waals surface area contributed by atoms with E-state index in [0.29, 0.717) is 0 Å². The van der Waals surface area contributed by atoms with Gasteiger partial charge in [-0.25, -0.2) is 0 Å². The first kappa shape index (κ1) is 8.69. The predicted molar refractivity (Wildman–Crippen MR) is 46.0 cm³/mol. The molecule has 1 aliphatic rings. The molecular formula is C9H13FN2O. The second-order valence-electron chi connectivity index (χ2n) is 3.62. The number of likely N-dealkylation sites (tertiary alicyclic amines) is 1. The summed E-state index contributed by atoms with van der Waals surface area (Å²) in [6.45, 7) is 4.27. The first-order chi connectivity index (χ1) is 6.29. The van der Waals surface area contributed by atoms with Crippen molar-refractivity contribution in [2.24, 2.45) is 5.92 Å². The van der Waals surface area contributed by atoms with Crippen molar-refractivity contribution >= 4 is 0 Å². The molecule has 13 heavy (non-hydrogen) atoms. The Labute approximate surface area is 76.5 Å². The maximum Gasteiger partial charge on any atom is 0.138 e. The van der Waals surface area contributed by atoms with Gasteiger partial charge in [-0.15, -0.1) is 0 Å². The number of alkyl halides is 1. The zero-order chi connectivity index (χ0) is 9.26. The summed E-state index contributed by atoms with van der Waals surface area (Å²) in [6, 6.07) is 0. The van der Waals surface area contributed by atoms with Crippen LogP contribution in [0.2, 0.25) is 0 Å². The lowest BCUT2D eigenvalue weighted by atomic mass is 10.0. The molecule has 0 atom stereocenters. The molecule has 1 aromatic rings. The average Bonchev–Trinajstić information content (AvgIpc) is 2.43. The molecule has 1 saturated heterocycles. The van der Waals surface area contributed by atoms with Crippen LogP contribution in [0, 0.1) is 12.8 Å². The molecule has 1 aromatic heterocycles. The summed E-state index contributed by atoms with van der Waals surface area (Å²) in [5, 5.41) is 3.70. The van der Waals surface area contributed by atoms with E-state index in [0.717, 1.165) is 31.0 Å². The minimum absolute atomic E-state index is 0.195. The van der Waals surface area contributed by atoms with E-state index in [1.54, 1.807) is 6.20 Å². The van der Waals surface area contributed by atoms with Gasteiger partial charge in [0.2, 0.25) is 0 Å². The molecule has 1 aliphatic heterocycles. The van der Waals surface area contributed by atoms with Crippen LogP contribution in [0.5, 0.6) is 0 Å². The third kappa shape index (κ3) is 1.72. The summed E-state index contributed by atoms with van der Waals surface area (Å²) >= 11 is 0. The van der Waals surface area contributed by atoms with Gasteiger partial charge in [-0.05, 0) is 6.92 Å². The summed E-state index contributed by atoms with van der Waals surface area (Å²) < 4.78 is 17.0. The van der Waals surface area contributed by atoms with Gasteiger partial charge < -0.3 is 4.52 Å². The van der Waals surface area contributed by atoms with E-state index in [2.05, 4.69) is 10.1 Å². The molecule has 2 heterocycles. The molecule has 0 aliphatic carbocycles. The monoisotopic (exact) mass is 184 g/mol. The average molecular weight is 184 g/mol. The number of hydrogen-bond donors (Lipinski definition) is 0. The molecule has 72 valence electrons. The fourth-order valence-corrected chi connectivity index (χ4v) is 1.62. The third-order valence-electron chi connectivity index (χ3n) is 2.50. The summed E-state index contributed by atoms with van der Waals surface area (Å²) in [7, 11) is 0. The third-order valence-corrected chi connectivity index (χ3v) is 2.50. The Morgan fingerprint density at radius 2 is 2.46 bits per heavy atom. The van der Waals surface area contributed by atoms with Crippen molar-refractivity contribution < 1.29 is 8.91 Å². The molecule has 1 fully saturated rings. The smallest absolute Gasteiger partial charge is 0.138 e. The maximum atomic E-state index is 12.1. The van der Waals surface area contributed by atoms with Gasteiger partial charge in [-0.1, -0.05) is 5.16 Å². The van der Waals surface area contributed by atoms with Crippen LogP contribution in [0.25, 0.3) is 0 Å². The highest BCUT2D eigenvalue weighted by Gasteiger charge is 2.26. The van der Waals surface area contributed by atoms with Crippen LogP contribution < -0.4 is 0 Å². The molecule has 0 amide bonds. The van der Waals surface area contributed by atoms with Crippen molar-refractivity contribution in [3.05, 3.63) is 17.5 Å². The fraction of sp³-hybridized carbons (Fsp3) is 0.667. The Morgan fingerprint density at radius 1 is 1.69 bits per heavy atom. The Balaban J connectivity index is 1.84. The number of aryl methyl sites for hydroxylation is 1. The van der Waals surface area contributed by atoms with E-state index in [9.17, 15) is 4.39 Å². The van der Waals surface area contributed by atoms with Gasteiger partial charge in [-0.2, -0.15) is 0 Å². The van der Waals surface area contributed by atoms with Gasteiger partial charge >= 0.3 is 0 Å². The van der Waals surface area contributed by atoms with Crippen molar-refractivity contribution in [1.82, 2.24) is 10.1 Å². The zero-order valence-electron chi connectivity index (χ0n) is 7.66. The lowest BCUT2D eigenvalue weighted by Crippen LogP contribution is -2.46. The molecule has 3 nitrogen and oxygen atoms in total. The minimum atomic E-state index is -0.195. The molecule has 0 radical (unpaired) electrons. The molecule has 4 heteroatoms. The van der Waals surface area contributed by atoms with Crippen molar-refractivity contribution in [1.29, 1.82) is 0 Å². The van der Waals surface area contributed by atoms with Gasteiger partial charge in [0, 0.05) is 31.1 Å². The Morgan fingerprint density at radius 3 is 3.00 bits per heavy atom. The van der Waals surface area contributed by atoms with Crippen LogP contribution >= 0.6 is 0 Å². The number of halogens is 1. The quantitative estimate of drug-likeness (QED) is 0.710. The van der Waals surface area contributed by atoms with Gasteiger partial charge in [0.05, 0.1) is 12.9 Å². The van der Waals surface area contributed by atoms with Crippen LogP contribution in [0.15, 0.2) is 10.7 Å². The van der Waals surface area contributed by atoms with E-state index in [-0.39, 0.29) is 12.6 Å². The molecule has 0 aromatic carbocycles. The zero-order valence-corrected chi connectivity index (χ0v) is 7.66. The second kappa shape index (κ2) is 3.46. The van der Waals surface area contributed by atoms with Gasteiger partial charge in [-0.3, -0.25) is 9.29 Å². The van der Waals surface area contributed by atoms with Crippen LogP contribution in [-0.4, -0.2) is 29.8 Å². The van der Waals surface area contributed by atoms with Crippen molar-refractivity contribution in [3.8, 4) is 0 Å². The second-order valence-corrected chi connectivity index (χ2v) is 3.62. The molecule has 0 spiro atoms. The number of nitrogens with zero attached hydrogens (tertiary/aromatic N) is 2. The standard InChI is InChI=1S/C9H13FN2O/c1-7-9(3-11-13-7)6-12-4-8(2-10)5-12/h3,8H,2,4-6H2,1H3. The van der Waals surface area contributed by atoms with Gasteiger partial charge in [0.25, 0.3) is 0 Å². The highest BCUT2D eigenvalue weighted by atomic mass is 19.1. The first-order valence-corrected chi connectivity index (χ1v) is 4.48. The van der Waals surface area contributed by atoms with Crippen molar-refractivity contribution in [2.45, 2.75) is 13.5 Å². The number of aromatic nitrogens is 1. The molecule has 2 rings (SSSR count). The lowest BCUT2D eigenvalue weighted by molar-refractivity contribution is 0.0733. The molecule has 0 unspecified atom stereocenters. The van der Waals surface area contributed by atoms with Crippen LogP contribution in [0.1, 0.15) is 11.3 Å². The Hall–Kier alpha value is -0.900. The van der Waals surface area contributed by atoms with E-state index < -0.39 is 0 Å². The fourth-order valence-electron chi connectivity index (χ4n) is 1.62. The number of rotatable bonds is 3.